The van der Waals surface area contributed by atoms with Crippen LogP contribution in [0, 0.1) is 5.82 Å². The predicted molar refractivity (Wildman–Crippen MR) is 111 cm³/mol. The minimum absolute atomic E-state index is 0.389. The van der Waals surface area contributed by atoms with Crippen molar-refractivity contribution in [3.8, 4) is 0 Å². The molecule has 2 aliphatic heterocycles. The first-order chi connectivity index (χ1) is 13.3. The quantitative estimate of drug-likeness (QED) is 0.766. The highest BCUT2D eigenvalue weighted by Crippen LogP contribution is 2.36. The number of nitrogens with one attached hydrogen (secondary N) is 1. The van der Waals surface area contributed by atoms with Gasteiger partial charge in [0.25, 0.3) is 0 Å². The van der Waals surface area contributed by atoms with Crippen LogP contribution in [0.25, 0.3) is 0 Å². The molecule has 29 heavy (non-hydrogen) atoms. The minimum atomic E-state index is -0.630. The predicted octanol–water partition coefficient (Wildman–Crippen LogP) is 3.01. The Morgan fingerprint density at radius 3 is 2.41 bits per heavy atom. The normalized spacial score (nSPS) is 23.9. The van der Waals surface area contributed by atoms with E-state index in [-0.39, 0.29) is 5.82 Å². The molecule has 2 aliphatic rings. The summed E-state index contributed by atoms with van der Waals surface area (Å²) in [5.74, 6) is -0.389. The van der Waals surface area contributed by atoms with Crippen molar-refractivity contribution in [2.45, 2.75) is 71.3 Å². The highest BCUT2D eigenvalue weighted by atomic mass is 19.1. The van der Waals surface area contributed by atoms with Gasteiger partial charge in [0.15, 0.2) is 0 Å². The van der Waals surface area contributed by atoms with E-state index in [1.54, 1.807) is 11.0 Å². The standard InChI is InChI=1S/C21H32BFN2O4/c1-19(2,3)27-18(26)25-11-10-24-13-17(25)15-9-8-14(12-16(15)23)22-28-20(4,5)21(6,7)29-22/h8-9,12,17,24H,10-11,13H2,1-7H3. The second kappa shape index (κ2) is 7.56. The lowest BCUT2D eigenvalue weighted by Crippen LogP contribution is -2.50. The maximum absolute atomic E-state index is 15.1. The number of ether oxygens (including phenoxy) is 1. The molecule has 0 aromatic heterocycles. The number of piperazine rings is 1. The van der Waals surface area contributed by atoms with Crippen LogP contribution >= 0.6 is 0 Å². The lowest BCUT2D eigenvalue weighted by Gasteiger charge is -2.37. The van der Waals surface area contributed by atoms with Crippen molar-refractivity contribution in [1.29, 1.82) is 0 Å². The molecule has 2 heterocycles. The van der Waals surface area contributed by atoms with Gasteiger partial charge in [-0.15, -0.1) is 0 Å². The summed E-state index contributed by atoms with van der Waals surface area (Å²) in [4.78, 5) is 14.2. The Hall–Kier alpha value is -1.64. The molecule has 2 saturated heterocycles. The van der Waals surface area contributed by atoms with Crippen molar-refractivity contribution < 1.29 is 23.2 Å². The van der Waals surface area contributed by atoms with Crippen LogP contribution in [0.2, 0.25) is 0 Å². The van der Waals surface area contributed by atoms with Crippen LogP contribution in [-0.2, 0) is 14.0 Å². The van der Waals surface area contributed by atoms with Crippen molar-refractivity contribution in [3.63, 3.8) is 0 Å². The fraction of sp³-hybridized carbons (Fsp3) is 0.667. The van der Waals surface area contributed by atoms with E-state index in [2.05, 4.69) is 5.32 Å². The van der Waals surface area contributed by atoms with E-state index in [1.807, 2.05) is 54.5 Å². The van der Waals surface area contributed by atoms with Gasteiger partial charge in [-0.1, -0.05) is 12.1 Å². The summed E-state index contributed by atoms with van der Waals surface area (Å²) in [6.45, 7) is 14.9. The molecule has 1 amide bonds. The lowest BCUT2D eigenvalue weighted by atomic mass is 9.78. The van der Waals surface area contributed by atoms with Gasteiger partial charge in [-0.05, 0) is 60.0 Å². The van der Waals surface area contributed by atoms with Gasteiger partial charge in [0.2, 0.25) is 0 Å². The Morgan fingerprint density at radius 2 is 1.86 bits per heavy atom. The Morgan fingerprint density at radius 1 is 1.24 bits per heavy atom. The maximum Gasteiger partial charge on any atom is 0.494 e. The number of hydrogen-bond donors (Lipinski definition) is 1. The van der Waals surface area contributed by atoms with E-state index < -0.39 is 36.1 Å². The van der Waals surface area contributed by atoms with Crippen LogP contribution in [0.5, 0.6) is 0 Å². The number of nitrogens with zero attached hydrogens (tertiary/aromatic N) is 1. The number of amides is 1. The lowest BCUT2D eigenvalue weighted by molar-refractivity contribution is 0.00578. The largest absolute Gasteiger partial charge is 0.494 e. The molecule has 160 valence electrons. The van der Waals surface area contributed by atoms with Crippen molar-refractivity contribution in [2.24, 2.45) is 0 Å². The average Bonchev–Trinajstić information content (AvgIpc) is 2.81. The van der Waals surface area contributed by atoms with Gasteiger partial charge in [0.1, 0.15) is 11.4 Å². The monoisotopic (exact) mass is 406 g/mol. The van der Waals surface area contributed by atoms with Gasteiger partial charge < -0.3 is 19.4 Å². The van der Waals surface area contributed by atoms with Crippen molar-refractivity contribution in [1.82, 2.24) is 10.2 Å². The molecule has 8 heteroatoms. The van der Waals surface area contributed by atoms with Gasteiger partial charge in [-0.3, -0.25) is 4.90 Å². The molecule has 0 radical (unpaired) electrons. The Labute approximate surface area is 173 Å². The summed E-state index contributed by atoms with van der Waals surface area (Å²) >= 11 is 0. The second-order valence-electron chi connectivity index (χ2n) is 9.76. The molecular weight excluding hydrogens is 374 g/mol. The Kier molecular flexibility index (Phi) is 5.75. The zero-order valence-electron chi connectivity index (χ0n) is 18.5. The smallest absolute Gasteiger partial charge is 0.444 e. The average molecular weight is 406 g/mol. The van der Waals surface area contributed by atoms with Crippen LogP contribution in [0.1, 0.15) is 60.1 Å². The zero-order valence-corrected chi connectivity index (χ0v) is 18.5. The SMILES string of the molecule is CC(C)(C)OC(=O)N1CCNCC1c1ccc(B2OC(C)(C)C(C)(C)O2)cc1F. The molecule has 1 aromatic carbocycles. The molecule has 1 atom stereocenters. The summed E-state index contributed by atoms with van der Waals surface area (Å²) in [6.07, 6.45) is -0.432. The molecular formula is C21H32BFN2O4. The number of benzene rings is 1. The van der Waals surface area contributed by atoms with Crippen LogP contribution in [0.4, 0.5) is 9.18 Å². The van der Waals surface area contributed by atoms with E-state index in [9.17, 15) is 4.79 Å². The fourth-order valence-corrected chi connectivity index (χ4v) is 3.46. The first kappa shape index (κ1) is 22.1. The van der Waals surface area contributed by atoms with Crippen LogP contribution in [-0.4, -0.2) is 54.5 Å². The third kappa shape index (κ3) is 4.59. The van der Waals surface area contributed by atoms with Crippen LogP contribution in [0.15, 0.2) is 18.2 Å². The molecule has 1 N–H and O–H groups in total. The van der Waals surface area contributed by atoms with E-state index in [4.69, 9.17) is 14.0 Å². The van der Waals surface area contributed by atoms with Crippen LogP contribution < -0.4 is 10.8 Å². The summed E-state index contributed by atoms with van der Waals surface area (Å²) in [5.41, 5.74) is -0.520. The van der Waals surface area contributed by atoms with Crippen molar-refractivity contribution >= 4 is 18.7 Å². The number of carbonyl (C=O) groups excluding carboxylic acids is 1. The third-order valence-electron chi connectivity index (χ3n) is 5.78. The van der Waals surface area contributed by atoms with Gasteiger partial charge in [-0.25, -0.2) is 9.18 Å². The minimum Gasteiger partial charge on any atom is -0.444 e. The number of carbonyl (C=O) groups is 1. The first-order valence-electron chi connectivity index (χ1n) is 10.2. The number of halogens is 1. The molecule has 2 fully saturated rings. The van der Waals surface area contributed by atoms with Gasteiger partial charge >= 0.3 is 13.2 Å². The number of rotatable bonds is 2. The number of hydrogen-bond acceptors (Lipinski definition) is 5. The molecule has 0 spiro atoms. The third-order valence-corrected chi connectivity index (χ3v) is 5.78. The molecule has 1 unspecified atom stereocenters. The first-order valence-corrected chi connectivity index (χ1v) is 10.2. The Balaban J connectivity index is 1.83. The highest BCUT2D eigenvalue weighted by Gasteiger charge is 2.51. The second-order valence-corrected chi connectivity index (χ2v) is 9.76. The summed E-state index contributed by atoms with van der Waals surface area (Å²) < 4.78 is 32.7. The molecule has 3 rings (SSSR count). The Bertz CT molecular complexity index is 762. The van der Waals surface area contributed by atoms with E-state index in [0.717, 1.165) is 0 Å². The van der Waals surface area contributed by atoms with E-state index >= 15 is 4.39 Å². The molecule has 0 aliphatic carbocycles. The van der Waals surface area contributed by atoms with E-state index in [1.165, 1.54) is 6.07 Å². The van der Waals surface area contributed by atoms with Gasteiger partial charge in [-0.2, -0.15) is 0 Å². The topological polar surface area (TPSA) is 60.0 Å². The van der Waals surface area contributed by atoms with Gasteiger partial charge in [0, 0.05) is 25.2 Å². The molecule has 0 saturated carbocycles. The van der Waals surface area contributed by atoms with Gasteiger partial charge in [0.05, 0.1) is 17.2 Å². The highest BCUT2D eigenvalue weighted by molar-refractivity contribution is 6.62. The summed E-state index contributed by atoms with van der Waals surface area (Å²) in [5, 5.41) is 3.23. The zero-order chi connectivity index (χ0) is 21.6. The van der Waals surface area contributed by atoms with Crippen molar-refractivity contribution in [3.05, 3.63) is 29.6 Å². The summed E-state index contributed by atoms with van der Waals surface area (Å²) in [7, 11) is -0.630. The molecule has 0 bridgehead atoms. The maximum atomic E-state index is 15.1. The van der Waals surface area contributed by atoms with E-state index in [0.29, 0.717) is 30.7 Å². The molecule has 1 aromatic rings. The fourth-order valence-electron chi connectivity index (χ4n) is 3.46. The molecule has 6 nitrogen and oxygen atoms in total. The van der Waals surface area contributed by atoms with Crippen molar-refractivity contribution in [2.75, 3.05) is 19.6 Å². The van der Waals surface area contributed by atoms with Crippen LogP contribution in [0.3, 0.4) is 0 Å². The summed E-state index contributed by atoms with van der Waals surface area (Å²) in [6, 6.07) is 4.53.